The Labute approximate surface area is 146 Å². The number of aromatic nitrogens is 2. The SMILES string of the molecule is CC1CCC(C(=O)Oc2ccc(OC(=O)c3ccccc3)nn2)CC1. The Hall–Kier alpha value is -2.76. The molecule has 1 fully saturated rings. The van der Waals surface area contributed by atoms with Gasteiger partial charge in [0.1, 0.15) is 0 Å². The molecule has 1 saturated carbocycles. The summed E-state index contributed by atoms with van der Waals surface area (Å²) in [6.07, 6.45) is 3.78. The van der Waals surface area contributed by atoms with E-state index in [4.69, 9.17) is 9.47 Å². The Bertz CT molecular complexity index is 723. The summed E-state index contributed by atoms with van der Waals surface area (Å²) >= 11 is 0. The first-order valence-corrected chi connectivity index (χ1v) is 8.44. The number of hydrogen-bond donors (Lipinski definition) is 0. The fourth-order valence-electron chi connectivity index (χ4n) is 2.83. The maximum Gasteiger partial charge on any atom is 0.344 e. The molecule has 6 heteroatoms. The van der Waals surface area contributed by atoms with E-state index in [0.29, 0.717) is 11.5 Å². The molecule has 25 heavy (non-hydrogen) atoms. The highest BCUT2D eigenvalue weighted by atomic mass is 16.6. The third kappa shape index (κ3) is 4.62. The molecular weight excluding hydrogens is 320 g/mol. The van der Waals surface area contributed by atoms with Gasteiger partial charge in [-0.25, -0.2) is 4.79 Å². The molecule has 1 aliphatic rings. The third-order valence-electron chi connectivity index (χ3n) is 4.38. The Morgan fingerprint density at radius 3 is 2.08 bits per heavy atom. The second kappa shape index (κ2) is 7.88. The van der Waals surface area contributed by atoms with Crippen molar-refractivity contribution in [2.75, 3.05) is 0 Å². The van der Waals surface area contributed by atoms with Crippen LogP contribution >= 0.6 is 0 Å². The van der Waals surface area contributed by atoms with Crippen LogP contribution in [0.5, 0.6) is 11.8 Å². The molecule has 1 aliphatic carbocycles. The van der Waals surface area contributed by atoms with E-state index in [1.165, 1.54) is 12.1 Å². The number of carbonyl (C=O) groups is 2. The van der Waals surface area contributed by atoms with E-state index in [1.54, 1.807) is 24.3 Å². The first-order chi connectivity index (χ1) is 12.1. The minimum absolute atomic E-state index is 0.0557. The van der Waals surface area contributed by atoms with E-state index in [9.17, 15) is 9.59 Å². The van der Waals surface area contributed by atoms with Gasteiger partial charge in [0.25, 0.3) is 0 Å². The summed E-state index contributed by atoms with van der Waals surface area (Å²) in [5.41, 5.74) is 0.423. The lowest BCUT2D eigenvalue weighted by Gasteiger charge is -2.24. The predicted octanol–water partition coefficient (Wildman–Crippen LogP) is 3.43. The summed E-state index contributed by atoms with van der Waals surface area (Å²) in [5, 5.41) is 7.59. The van der Waals surface area contributed by atoms with E-state index in [1.807, 2.05) is 6.07 Å². The first kappa shape index (κ1) is 17.1. The summed E-state index contributed by atoms with van der Waals surface area (Å²) in [6.45, 7) is 2.20. The number of nitrogens with zero attached hydrogens (tertiary/aromatic N) is 2. The van der Waals surface area contributed by atoms with Gasteiger partial charge < -0.3 is 9.47 Å². The van der Waals surface area contributed by atoms with Gasteiger partial charge in [0.15, 0.2) is 0 Å². The molecule has 1 aromatic heterocycles. The van der Waals surface area contributed by atoms with Crippen molar-refractivity contribution in [2.45, 2.75) is 32.6 Å². The maximum atomic E-state index is 12.1. The zero-order chi connectivity index (χ0) is 17.6. The van der Waals surface area contributed by atoms with Crippen molar-refractivity contribution in [1.29, 1.82) is 0 Å². The van der Waals surface area contributed by atoms with Crippen LogP contribution in [-0.4, -0.2) is 22.1 Å². The summed E-state index contributed by atoms with van der Waals surface area (Å²) < 4.78 is 10.4. The van der Waals surface area contributed by atoms with Gasteiger partial charge >= 0.3 is 11.9 Å². The standard InChI is InChI=1S/C19H20N2O4/c1-13-7-9-15(10-8-13)19(23)25-17-12-11-16(20-21-17)24-18(22)14-5-3-2-4-6-14/h2-6,11-13,15H,7-10H2,1H3. The highest BCUT2D eigenvalue weighted by Crippen LogP contribution is 2.29. The molecule has 0 aliphatic heterocycles. The lowest BCUT2D eigenvalue weighted by Crippen LogP contribution is -2.25. The summed E-state index contributed by atoms with van der Waals surface area (Å²) in [7, 11) is 0. The van der Waals surface area contributed by atoms with E-state index in [0.717, 1.165) is 25.7 Å². The van der Waals surface area contributed by atoms with Crippen molar-refractivity contribution < 1.29 is 19.1 Å². The Balaban J connectivity index is 1.55. The molecule has 0 bridgehead atoms. The fraction of sp³-hybridized carbons (Fsp3) is 0.368. The van der Waals surface area contributed by atoms with Crippen molar-refractivity contribution in [2.24, 2.45) is 11.8 Å². The molecule has 1 aromatic carbocycles. The predicted molar refractivity (Wildman–Crippen MR) is 90.2 cm³/mol. The van der Waals surface area contributed by atoms with Gasteiger partial charge in [-0.1, -0.05) is 25.1 Å². The highest BCUT2D eigenvalue weighted by Gasteiger charge is 2.26. The number of hydrogen-bond acceptors (Lipinski definition) is 6. The van der Waals surface area contributed by atoms with Gasteiger partial charge in [-0.3, -0.25) is 4.79 Å². The van der Waals surface area contributed by atoms with Crippen LogP contribution < -0.4 is 9.47 Å². The normalized spacial score (nSPS) is 19.9. The molecule has 130 valence electrons. The van der Waals surface area contributed by atoms with E-state index >= 15 is 0 Å². The molecule has 0 atom stereocenters. The first-order valence-electron chi connectivity index (χ1n) is 8.44. The molecule has 0 spiro atoms. The number of rotatable bonds is 4. The number of carbonyl (C=O) groups excluding carboxylic acids is 2. The van der Waals surface area contributed by atoms with Crippen LogP contribution in [0.15, 0.2) is 42.5 Å². The van der Waals surface area contributed by atoms with Crippen molar-refractivity contribution >= 4 is 11.9 Å². The zero-order valence-corrected chi connectivity index (χ0v) is 14.1. The van der Waals surface area contributed by atoms with Crippen molar-refractivity contribution in [1.82, 2.24) is 10.2 Å². The van der Waals surface area contributed by atoms with Crippen molar-refractivity contribution in [3.63, 3.8) is 0 Å². The molecule has 0 amide bonds. The second-order valence-corrected chi connectivity index (χ2v) is 6.34. The smallest absolute Gasteiger partial charge is 0.344 e. The third-order valence-corrected chi connectivity index (χ3v) is 4.38. The minimum atomic E-state index is -0.518. The average Bonchev–Trinajstić information content (AvgIpc) is 2.64. The van der Waals surface area contributed by atoms with Gasteiger partial charge in [0, 0.05) is 12.1 Å². The van der Waals surface area contributed by atoms with Crippen LogP contribution in [0.3, 0.4) is 0 Å². The number of ether oxygens (including phenoxy) is 2. The van der Waals surface area contributed by atoms with Gasteiger partial charge in [-0.2, -0.15) is 0 Å². The Kier molecular flexibility index (Phi) is 5.38. The van der Waals surface area contributed by atoms with Crippen molar-refractivity contribution in [3.05, 3.63) is 48.0 Å². The quantitative estimate of drug-likeness (QED) is 0.794. The molecule has 3 rings (SSSR count). The van der Waals surface area contributed by atoms with E-state index in [2.05, 4.69) is 17.1 Å². The topological polar surface area (TPSA) is 78.4 Å². The molecular formula is C19H20N2O4. The Morgan fingerprint density at radius 1 is 0.880 bits per heavy atom. The molecule has 6 nitrogen and oxygen atoms in total. The van der Waals surface area contributed by atoms with Crippen LogP contribution in [0.4, 0.5) is 0 Å². The van der Waals surface area contributed by atoms with Gasteiger partial charge in [-0.15, -0.1) is 10.2 Å². The lowest BCUT2D eigenvalue weighted by molar-refractivity contribution is -0.140. The number of esters is 2. The van der Waals surface area contributed by atoms with Crippen LogP contribution in [-0.2, 0) is 4.79 Å². The van der Waals surface area contributed by atoms with Crippen LogP contribution in [0, 0.1) is 11.8 Å². The summed E-state index contributed by atoms with van der Waals surface area (Å²) in [4.78, 5) is 24.1. The van der Waals surface area contributed by atoms with Crippen molar-refractivity contribution in [3.8, 4) is 11.8 Å². The zero-order valence-electron chi connectivity index (χ0n) is 14.1. The molecule has 2 aromatic rings. The monoisotopic (exact) mass is 340 g/mol. The van der Waals surface area contributed by atoms with E-state index in [-0.39, 0.29) is 23.6 Å². The van der Waals surface area contributed by atoms with E-state index < -0.39 is 5.97 Å². The molecule has 0 saturated heterocycles. The average molecular weight is 340 g/mol. The molecule has 0 radical (unpaired) electrons. The summed E-state index contributed by atoms with van der Waals surface area (Å²) in [6, 6.07) is 11.5. The van der Waals surface area contributed by atoms with Gasteiger partial charge in [0.05, 0.1) is 11.5 Å². The highest BCUT2D eigenvalue weighted by molar-refractivity contribution is 5.90. The largest absolute Gasteiger partial charge is 0.406 e. The van der Waals surface area contributed by atoms with Gasteiger partial charge in [-0.05, 0) is 43.7 Å². The minimum Gasteiger partial charge on any atom is -0.406 e. The maximum absolute atomic E-state index is 12.1. The van der Waals surface area contributed by atoms with Crippen LogP contribution in [0.1, 0.15) is 43.0 Å². The number of benzene rings is 1. The summed E-state index contributed by atoms with van der Waals surface area (Å²) in [5.74, 6) is -0.0227. The second-order valence-electron chi connectivity index (χ2n) is 6.34. The Morgan fingerprint density at radius 2 is 1.48 bits per heavy atom. The van der Waals surface area contributed by atoms with Gasteiger partial charge in [0.2, 0.25) is 11.8 Å². The molecule has 0 N–H and O–H groups in total. The molecule has 1 heterocycles. The van der Waals surface area contributed by atoms with Crippen LogP contribution in [0.2, 0.25) is 0 Å². The fourth-order valence-corrected chi connectivity index (χ4v) is 2.83. The lowest BCUT2D eigenvalue weighted by atomic mass is 9.83. The van der Waals surface area contributed by atoms with Crippen LogP contribution in [0.25, 0.3) is 0 Å². The molecule has 0 unspecified atom stereocenters.